The van der Waals surface area contributed by atoms with Crippen molar-refractivity contribution in [1.82, 2.24) is 19.0 Å². The van der Waals surface area contributed by atoms with Crippen LogP contribution in [0.4, 0.5) is 4.39 Å². The Hall–Kier alpha value is -3.42. The summed E-state index contributed by atoms with van der Waals surface area (Å²) >= 11 is 0. The van der Waals surface area contributed by atoms with E-state index in [1.54, 1.807) is 45.6 Å². The van der Waals surface area contributed by atoms with Crippen LogP contribution in [-0.4, -0.2) is 43.6 Å². The van der Waals surface area contributed by atoms with Crippen molar-refractivity contribution in [2.24, 2.45) is 0 Å². The minimum absolute atomic E-state index is 0.169. The molecule has 3 aliphatic rings. The van der Waals surface area contributed by atoms with Crippen LogP contribution in [0, 0.1) is 19.7 Å². The highest BCUT2D eigenvalue weighted by molar-refractivity contribution is 5.93. The van der Waals surface area contributed by atoms with Gasteiger partial charge in [0.2, 0.25) is 0 Å². The molecule has 1 fully saturated rings. The lowest BCUT2D eigenvalue weighted by Gasteiger charge is -2.32. The first-order valence-electron chi connectivity index (χ1n) is 10.8. The maximum Gasteiger partial charge on any atom is 0.275 e. The van der Waals surface area contributed by atoms with E-state index in [0.29, 0.717) is 42.3 Å². The maximum atomic E-state index is 14.1. The molecule has 2 aromatic heterocycles. The van der Waals surface area contributed by atoms with Gasteiger partial charge in [0, 0.05) is 43.9 Å². The summed E-state index contributed by atoms with van der Waals surface area (Å²) in [6, 6.07) is 6.70. The van der Waals surface area contributed by atoms with Gasteiger partial charge in [-0.25, -0.2) is 9.37 Å². The van der Waals surface area contributed by atoms with Crippen molar-refractivity contribution in [3.63, 3.8) is 0 Å². The molecule has 0 N–H and O–H groups in total. The molecule has 8 heteroatoms. The van der Waals surface area contributed by atoms with Crippen LogP contribution in [-0.2, 0) is 12.0 Å². The fourth-order valence-electron chi connectivity index (χ4n) is 5.40. The van der Waals surface area contributed by atoms with Crippen LogP contribution in [0.3, 0.4) is 0 Å². The van der Waals surface area contributed by atoms with Crippen LogP contribution in [0.1, 0.15) is 40.7 Å². The highest BCUT2D eigenvalue weighted by Crippen LogP contribution is 2.67. The van der Waals surface area contributed by atoms with E-state index in [4.69, 9.17) is 4.74 Å². The fraction of sp³-hybridized carbons (Fsp3) is 0.375. The third kappa shape index (κ3) is 2.43. The summed E-state index contributed by atoms with van der Waals surface area (Å²) in [4.78, 5) is 32.4. The molecule has 7 nitrogen and oxygen atoms in total. The molecular weight excluding hydrogens is 411 g/mol. The molecule has 6 rings (SSSR count). The summed E-state index contributed by atoms with van der Waals surface area (Å²) in [5.41, 5.74) is 2.24. The summed E-state index contributed by atoms with van der Waals surface area (Å²) in [5.74, 6) is 0.121. The van der Waals surface area contributed by atoms with Gasteiger partial charge >= 0.3 is 0 Å². The number of fused-ring (bicyclic) bond motifs is 4. The number of hydrogen-bond donors (Lipinski definition) is 0. The van der Waals surface area contributed by atoms with Crippen molar-refractivity contribution in [2.75, 3.05) is 13.1 Å². The molecule has 0 radical (unpaired) electrons. The number of carbonyl (C=O) groups excluding carboxylic acids is 1. The Morgan fingerprint density at radius 3 is 2.75 bits per heavy atom. The standard InChI is InChI=1S/C24H23FN4O3/c1-14-8-16-20(9-17(14)25)32-23(3)11-24(16,23)12-27-6-7-29-19(21(27)30)5-4-18(22(29)31)28-10-15(2)26-13-28/h4-5,8-10,13H,6-7,11-12H2,1-3H3. The molecule has 3 aromatic rings. The molecule has 0 spiro atoms. The predicted octanol–water partition coefficient (Wildman–Crippen LogP) is 2.74. The van der Waals surface area contributed by atoms with Crippen LogP contribution in [0.5, 0.6) is 5.75 Å². The number of amides is 1. The van der Waals surface area contributed by atoms with Crippen LogP contribution in [0.15, 0.2) is 41.6 Å². The average Bonchev–Trinajstić information content (AvgIpc) is 3.00. The molecular formula is C24H23FN4O3. The Bertz CT molecular complexity index is 1380. The molecule has 1 saturated carbocycles. The number of aryl methyl sites for hydroxylation is 2. The molecule has 2 aliphatic heterocycles. The van der Waals surface area contributed by atoms with Crippen molar-refractivity contribution in [1.29, 1.82) is 0 Å². The van der Waals surface area contributed by atoms with Crippen LogP contribution in [0.25, 0.3) is 5.69 Å². The molecule has 2 unspecified atom stereocenters. The fourth-order valence-corrected chi connectivity index (χ4v) is 5.40. The smallest absolute Gasteiger partial charge is 0.275 e. The summed E-state index contributed by atoms with van der Waals surface area (Å²) in [5, 5.41) is 0. The second-order valence-corrected chi connectivity index (χ2v) is 9.40. The third-order valence-corrected chi connectivity index (χ3v) is 7.34. The molecule has 164 valence electrons. The van der Waals surface area contributed by atoms with E-state index in [-0.39, 0.29) is 22.7 Å². The average molecular weight is 434 g/mol. The number of benzene rings is 1. The number of carbonyl (C=O) groups is 1. The number of pyridine rings is 1. The lowest BCUT2D eigenvalue weighted by atomic mass is 9.91. The first-order chi connectivity index (χ1) is 15.2. The Morgan fingerprint density at radius 1 is 1.19 bits per heavy atom. The number of aromatic nitrogens is 3. The van der Waals surface area contributed by atoms with Crippen LogP contribution >= 0.6 is 0 Å². The topological polar surface area (TPSA) is 69.4 Å². The first-order valence-corrected chi connectivity index (χ1v) is 10.8. The molecule has 1 amide bonds. The largest absolute Gasteiger partial charge is 0.486 e. The molecule has 1 aromatic carbocycles. The number of hydrogen-bond acceptors (Lipinski definition) is 4. The lowest BCUT2D eigenvalue weighted by Crippen LogP contribution is -2.48. The Balaban J connectivity index is 1.33. The Kier molecular flexibility index (Phi) is 3.67. The zero-order chi connectivity index (χ0) is 22.4. The van der Waals surface area contributed by atoms with E-state index < -0.39 is 5.60 Å². The van der Waals surface area contributed by atoms with Gasteiger partial charge in [0.05, 0.1) is 17.4 Å². The molecule has 32 heavy (non-hydrogen) atoms. The van der Waals surface area contributed by atoms with Crippen LogP contribution in [0.2, 0.25) is 0 Å². The highest BCUT2D eigenvalue weighted by atomic mass is 19.1. The van der Waals surface area contributed by atoms with Gasteiger partial charge in [-0.3, -0.25) is 9.59 Å². The van der Waals surface area contributed by atoms with Gasteiger partial charge in [-0.1, -0.05) is 0 Å². The summed E-state index contributed by atoms with van der Waals surface area (Å²) in [7, 11) is 0. The zero-order valence-corrected chi connectivity index (χ0v) is 18.2. The molecule has 2 atom stereocenters. The number of nitrogens with zero attached hydrogens (tertiary/aromatic N) is 4. The summed E-state index contributed by atoms with van der Waals surface area (Å²) in [6.45, 7) is 6.97. The van der Waals surface area contributed by atoms with Crippen molar-refractivity contribution >= 4 is 5.91 Å². The van der Waals surface area contributed by atoms with E-state index in [1.165, 1.54) is 6.07 Å². The molecule has 0 saturated heterocycles. The van der Waals surface area contributed by atoms with Gasteiger partial charge in [0.1, 0.15) is 28.5 Å². The maximum absolute atomic E-state index is 14.1. The second kappa shape index (κ2) is 6.09. The van der Waals surface area contributed by atoms with Crippen LogP contribution < -0.4 is 10.3 Å². The number of rotatable bonds is 3. The van der Waals surface area contributed by atoms with Gasteiger partial charge in [0.15, 0.2) is 0 Å². The van der Waals surface area contributed by atoms with E-state index in [9.17, 15) is 14.0 Å². The van der Waals surface area contributed by atoms with E-state index in [2.05, 4.69) is 4.98 Å². The van der Waals surface area contributed by atoms with Gasteiger partial charge in [-0.15, -0.1) is 0 Å². The highest BCUT2D eigenvalue weighted by Gasteiger charge is 2.73. The van der Waals surface area contributed by atoms with Crippen molar-refractivity contribution in [3.05, 3.63) is 75.5 Å². The van der Waals surface area contributed by atoms with Crippen molar-refractivity contribution < 1.29 is 13.9 Å². The van der Waals surface area contributed by atoms with Crippen molar-refractivity contribution in [2.45, 2.75) is 44.8 Å². The number of imidazole rings is 1. The quantitative estimate of drug-likeness (QED) is 0.636. The Morgan fingerprint density at radius 2 is 2.00 bits per heavy atom. The van der Waals surface area contributed by atoms with E-state index in [0.717, 1.165) is 17.7 Å². The van der Waals surface area contributed by atoms with Gasteiger partial charge in [0.25, 0.3) is 11.5 Å². The van der Waals surface area contributed by atoms with Gasteiger partial charge in [-0.2, -0.15) is 0 Å². The molecule has 0 bridgehead atoms. The SMILES string of the molecule is Cc1cn(-c2ccc3n(c2=O)CCN(CC24CC2(C)Oc2cc(F)c(C)cc24)C3=O)cn1. The third-order valence-electron chi connectivity index (χ3n) is 7.34. The molecule has 4 heterocycles. The van der Waals surface area contributed by atoms with E-state index >= 15 is 0 Å². The first kappa shape index (κ1) is 19.3. The summed E-state index contributed by atoms with van der Waals surface area (Å²) in [6.07, 6.45) is 4.18. The normalized spacial score (nSPS) is 25.2. The minimum atomic E-state index is -0.434. The minimum Gasteiger partial charge on any atom is -0.486 e. The second-order valence-electron chi connectivity index (χ2n) is 9.40. The number of halogens is 1. The summed E-state index contributed by atoms with van der Waals surface area (Å²) < 4.78 is 23.4. The monoisotopic (exact) mass is 434 g/mol. The predicted molar refractivity (Wildman–Crippen MR) is 115 cm³/mol. The van der Waals surface area contributed by atoms with Gasteiger partial charge in [-0.05, 0) is 44.5 Å². The lowest BCUT2D eigenvalue weighted by molar-refractivity contribution is 0.0666. The number of ether oxygens (including phenoxy) is 1. The Labute approximate surface area is 184 Å². The van der Waals surface area contributed by atoms with E-state index in [1.807, 2.05) is 19.9 Å². The zero-order valence-electron chi connectivity index (χ0n) is 18.2. The molecule has 1 aliphatic carbocycles. The van der Waals surface area contributed by atoms with Crippen molar-refractivity contribution in [3.8, 4) is 11.4 Å². The van der Waals surface area contributed by atoms with Gasteiger partial charge < -0.3 is 18.8 Å².